The third kappa shape index (κ3) is 5.20. The summed E-state index contributed by atoms with van der Waals surface area (Å²) in [7, 11) is 0. The van der Waals surface area contributed by atoms with Crippen molar-refractivity contribution in [2.24, 2.45) is 5.41 Å². The Hall–Kier alpha value is -1.86. The first-order chi connectivity index (χ1) is 16.4. The molecule has 0 aromatic heterocycles. The average Bonchev–Trinajstić information content (AvgIpc) is 3.21. The quantitative estimate of drug-likeness (QED) is 0.564. The molecule has 1 spiro atoms. The lowest BCUT2D eigenvalue weighted by atomic mass is 9.79. The zero-order valence-electron chi connectivity index (χ0n) is 18.9. The average molecular weight is 525 g/mol. The number of hydrogen-bond donors (Lipinski definition) is 1. The van der Waals surface area contributed by atoms with Crippen molar-refractivity contribution in [1.82, 2.24) is 15.1 Å². The molecule has 0 radical (unpaired) electrons. The fraction of sp³-hybridized carbons (Fsp3) is 0.480. The van der Waals surface area contributed by atoms with E-state index in [0.717, 1.165) is 63.1 Å². The van der Waals surface area contributed by atoms with Crippen LogP contribution >= 0.6 is 34.8 Å². The van der Waals surface area contributed by atoms with E-state index in [2.05, 4.69) is 10.2 Å². The Morgan fingerprint density at radius 3 is 2.62 bits per heavy atom. The van der Waals surface area contributed by atoms with Crippen molar-refractivity contribution in [1.29, 1.82) is 0 Å². The number of urea groups is 1. The SMILES string of the molecule is O=C(NCc1cc(Cl)c2c(c1)OCCO2)N1CCCC2(CCN(Cc3ccc(Cl)c(Cl)c3)C2)C1. The topological polar surface area (TPSA) is 54.0 Å². The van der Waals surface area contributed by atoms with Gasteiger partial charge in [0.25, 0.3) is 0 Å². The Bertz CT molecular complexity index is 1080. The number of hydrogen-bond acceptors (Lipinski definition) is 4. The molecule has 2 aromatic rings. The van der Waals surface area contributed by atoms with Gasteiger partial charge in [0.2, 0.25) is 0 Å². The van der Waals surface area contributed by atoms with Crippen LogP contribution < -0.4 is 14.8 Å². The zero-order chi connectivity index (χ0) is 23.7. The smallest absolute Gasteiger partial charge is 0.317 e. The largest absolute Gasteiger partial charge is 0.486 e. The molecule has 3 aliphatic heterocycles. The number of halogens is 3. The molecule has 2 fully saturated rings. The summed E-state index contributed by atoms with van der Waals surface area (Å²) in [6.07, 6.45) is 3.26. The predicted octanol–water partition coefficient (Wildman–Crippen LogP) is 5.62. The second-order valence-corrected chi connectivity index (χ2v) is 10.7. The summed E-state index contributed by atoms with van der Waals surface area (Å²) < 4.78 is 11.2. The van der Waals surface area contributed by atoms with Gasteiger partial charge in [-0.1, -0.05) is 40.9 Å². The molecule has 0 saturated carbocycles. The van der Waals surface area contributed by atoms with Gasteiger partial charge < -0.3 is 19.7 Å². The molecular weight excluding hydrogens is 497 g/mol. The summed E-state index contributed by atoms with van der Waals surface area (Å²) >= 11 is 18.6. The minimum Gasteiger partial charge on any atom is -0.486 e. The highest BCUT2D eigenvalue weighted by molar-refractivity contribution is 6.42. The van der Waals surface area contributed by atoms with E-state index in [9.17, 15) is 4.79 Å². The van der Waals surface area contributed by atoms with Crippen LogP contribution in [0.5, 0.6) is 11.5 Å². The third-order valence-electron chi connectivity index (χ3n) is 6.96. The van der Waals surface area contributed by atoms with Gasteiger partial charge in [0.1, 0.15) is 13.2 Å². The lowest BCUT2D eigenvalue weighted by molar-refractivity contribution is 0.107. The van der Waals surface area contributed by atoms with E-state index < -0.39 is 0 Å². The molecule has 9 heteroatoms. The number of benzene rings is 2. The van der Waals surface area contributed by atoms with Gasteiger partial charge in [-0.15, -0.1) is 0 Å². The first kappa shape index (κ1) is 23.9. The number of carbonyl (C=O) groups is 1. The maximum absolute atomic E-state index is 13.0. The summed E-state index contributed by atoms with van der Waals surface area (Å²) in [5.41, 5.74) is 2.20. The molecule has 34 heavy (non-hydrogen) atoms. The Kier molecular flexibility index (Phi) is 7.03. The van der Waals surface area contributed by atoms with Gasteiger partial charge >= 0.3 is 6.03 Å². The molecule has 1 atom stereocenters. The molecule has 5 rings (SSSR count). The van der Waals surface area contributed by atoms with E-state index in [1.165, 1.54) is 0 Å². The standard InChI is InChI=1S/C25H28Cl3N3O3/c26-19-3-2-17(10-20(19)27)14-30-7-5-25(15-30)4-1-6-31(16-25)24(32)29-13-18-11-21(28)23-22(12-18)33-8-9-34-23/h2-3,10-12H,1,4-9,13-16H2,(H,29,32). The molecule has 182 valence electrons. The number of rotatable bonds is 4. The monoisotopic (exact) mass is 523 g/mol. The van der Waals surface area contributed by atoms with Crippen LogP contribution in [0.1, 0.15) is 30.4 Å². The van der Waals surface area contributed by atoms with Crippen LogP contribution in [0.4, 0.5) is 4.79 Å². The van der Waals surface area contributed by atoms with Crippen molar-refractivity contribution in [2.75, 3.05) is 39.4 Å². The molecule has 1 unspecified atom stereocenters. The Morgan fingerprint density at radius 2 is 1.76 bits per heavy atom. The Labute approximate surface area is 215 Å². The lowest BCUT2D eigenvalue weighted by Crippen LogP contribution is -2.50. The van der Waals surface area contributed by atoms with Crippen molar-refractivity contribution < 1.29 is 14.3 Å². The van der Waals surface area contributed by atoms with Gasteiger partial charge in [0, 0.05) is 38.1 Å². The number of nitrogens with one attached hydrogen (secondary N) is 1. The van der Waals surface area contributed by atoms with Crippen LogP contribution in [0.2, 0.25) is 15.1 Å². The normalized spacial score (nSPS) is 22.3. The number of carbonyl (C=O) groups excluding carboxylic acids is 1. The molecule has 2 saturated heterocycles. The maximum Gasteiger partial charge on any atom is 0.317 e. The van der Waals surface area contributed by atoms with Gasteiger partial charge in [0.15, 0.2) is 11.5 Å². The molecule has 6 nitrogen and oxygen atoms in total. The van der Waals surface area contributed by atoms with Gasteiger partial charge in [-0.25, -0.2) is 4.79 Å². The molecule has 3 aliphatic rings. The Balaban J connectivity index is 1.17. The van der Waals surface area contributed by atoms with Gasteiger partial charge in [-0.3, -0.25) is 4.90 Å². The van der Waals surface area contributed by atoms with E-state index >= 15 is 0 Å². The highest BCUT2D eigenvalue weighted by Gasteiger charge is 2.42. The number of amides is 2. The predicted molar refractivity (Wildman–Crippen MR) is 134 cm³/mol. The molecule has 0 bridgehead atoms. The zero-order valence-corrected chi connectivity index (χ0v) is 21.2. The summed E-state index contributed by atoms with van der Waals surface area (Å²) in [6.45, 7) is 5.78. The van der Waals surface area contributed by atoms with Crippen LogP contribution in [0.3, 0.4) is 0 Å². The molecule has 0 aliphatic carbocycles. The number of piperidine rings is 1. The fourth-order valence-corrected chi connectivity index (χ4v) is 5.94. The molecule has 3 heterocycles. The molecule has 2 amide bonds. The minimum atomic E-state index is -0.0342. The van der Waals surface area contributed by atoms with E-state index in [4.69, 9.17) is 44.3 Å². The van der Waals surface area contributed by atoms with Crippen LogP contribution in [-0.2, 0) is 13.1 Å². The van der Waals surface area contributed by atoms with Crippen molar-refractivity contribution >= 4 is 40.8 Å². The van der Waals surface area contributed by atoms with E-state index in [1.54, 1.807) is 0 Å². The fourth-order valence-electron chi connectivity index (χ4n) is 5.33. The first-order valence-electron chi connectivity index (χ1n) is 11.7. The Morgan fingerprint density at radius 1 is 0.941 bits per heavy atom. The van der Waals surface area contributed by atoms with Gasteiger partial charge in [0.05, 0.1) is 15.1 Å². The summed E-state index contributed by atoms with van der Waals surface area (Å²) in [5, 5.41) is 4.74. The van der Waals surface area contributed by atoms with Gasteiger partial charge in [-0.2, -0.15) is 0 Å². The van der Waals surface area contributed by atoms with Crippen LogP contribution in [0.25, 0.3) is 0 Å². The molecule has 1 N–H and O–H groups in total. The first-order valence-corrected chi connectivity index (χ1v) is 12.8. The third-order valence-corrected chi connectivity index (χ3v) is 7.98. The molecular formula is C25H28Cl3N3O3. The van der Waals surface area contributed by atoms with Crippen molar-refractivity contribution in [3.05, 3.63) is 56.5 Å². The summed E-state index contributed by atoms with van der Waals surface area (Å²) in [5.74, 6) is 1.21. The number of fused-ring (bicyclic) bond motifs is 1. The van der Waals surface area contributed by atoms with Crippen LogP contribution in [-0.4, -0.2) is 55.2 Å². The highest BCUT2D eigenvalue weighted by Crippen LogP contribution is 2.40. The summed E-state index contributed by atoms with van der Waals surface area (Å²) in [4.78, 5) is 17.4. The summed E-state index contributed by atoms with van der Waals surface area (Å²) in [6, 6.07) is 9.50. The van der Waals surface area contributed by atoms with Gasteiger partial charge in [-0.05, 0) is 61.2 Å². The van der Waals surface area contributed by atoms with E-state index in [0.29, 0.717) is 46.3 Å². The minimum absolute atomic E-state index is 0.0342. The second-order valence-electron chi connectivity index (χ2n) is 9.49. The highest BCUT2D eigenvalue weighted by atomic mass is 35.5. The second kappa shape index (κ2) is 10.0. The lowest BCUT2D eigenvalue weighted by Gasteiger charge is -2.40. The molecule has 2 aromatic carbocycles. The maximum atomic E-state index is 13.0. The van der Waals surface area contributed by atoms with Crippen LogP contribution in [0, 0.1) is 5.41 Å². The van der Waals surface area contributed by atoms with Crippen molar-refractivity contribution in [2.45, 2.75) is 32.4 Å². The van der Waals surface area contributed by atoms with Crippen LogP contribution in [0.15, 0.2) is 30.3 Å². The van der Waals surface area contributed by atoms with Crippen molar-refractivity contribution in [3.63, 3.8) is 0 Å². The number of nitrogens with zero attached hydrogens (tertiary/aromatic N) is 2. The number of ether oxygens (including phenoxy) is 2. The number of likely N-dealkylation sites (tertiary alicyclic amines) is 2. The van der Waals surface area contributed by atoms with E-state index in [-0.39, 0.29) is 11.4 Å². The van der Waals surface area contributed by atoms with E-state index in [1.807, 2.05) is 35.2 Å². The van der Waals surface area contributed by atoms with Crippen molar-refractivity contribution in [3.8, 4) is 11.5 Å².